The molecule has 1 aliphatic heterocycles. The van der Waals surface area contributed by atoms with Crippen LogP contribution in [0, 0.1) is 10.1 Å². The molecule has 0 spiro atoms. The molecule has 10 heteroatoms. The van der Waals surface area contributed by atoms with Crippen LogP contribution in [0.5, 0.6) is 11.5 Å². The molecule has 174 valence electrons. The summed E-state index contributed by atoms with van der Waals surface area (Å²) in [5, 5.41) is 17.5. The Morgan fingerprint density at radius 2 is 1.81 bits per heavy atom. The largest absolute Gasteiger partial charge is 0.454 e. The number of nitrogens with zero attached hydrogens (tertiary/aromatic N) is 2. The molecule has 1 heterocycles. The average Bonchev–Trinajstić information content (AvgIpc) is 3.25. The standard InChI is InChI=1S/C22H28N4O5.HI/c1-2-29-13-3-11-23-22(25-15-18-4-7-19(8-5-18)26(27)28)24-12-10-17-6-9-20-21(14-17)31-16-30-20;/h4-9,14H,2-3,10-13,15-16H2,1H3,(H2,23,24,25);1H. The second-order valence-corrected chi connectivity index (χ2v) is 6.93. The first-order valence-corrected chi connectivity index (χ1v) is 10.4. The highest BCUT2D eigenvalue weighted by atomic mass is 127. The zero-order valence-electron chi connectivity index (χ0n) is 18.0. The van der Waals surface area contributed by atoms with Crippen LogP contribution in [0.25, 0.3) is 0 Å². The highest BCUT2D eigenvalue weighted by Gasteiger charge is 2.13. The molecule has 0 bridgehead atoms. The van der Waals surface area contributed by atoms with Crippen LogP contribution in [0.15, 0.2) is 47.5 Å². The van der Waals surface area contributed by atoms with E-state index in [1.807, 2.05) is 25.1 Å². The third-order valence-electron chi connectivity index (χ3n) is 4.67. The molecule has 32 heavy (non-hydrogen) atoms. The van der Waals surface area contributed by atoms with Crippen LogP contribution in [0.2, 0.25) is 0 Å². The predicted molar refractivity (Wildman–Crippen MR) is 133 cm³/mol. The lowest BCUT2D eigenvalue weighted by atomic mass is 10.1. The Kier molecular flexibility index (Phi) is 11.0. The second kappa shape index (κ2) is 13.7. The van der Waals surface area contributed by atoms with Crippen LogP contribution in [0.4, 0.5) is 5.69 Å². The maximum Gasteiger partial charge on any atom is 0.269 e. The fraction of sp³-hybridized carbons (Fsp3) is 0.409. The van der Waals surface area contributed by atoms with E-state index in [0.29, 0.717) is 32.3 Å². The quantitative estimate of drug-likeness (QED) is 0.109. The minimum atomic E-state index is -0.407. The van der Waals surface area contributed by atoms with Gasteiger partial charge in [-0.3, -0.25) is 10.1 Å². The summed E-state index contributed by atoms with van der Waals surface area (Å²) >= 11 is 0. The summed E-state index contributed by atoms with van der Waals surface area (Å²) in [4.78, 5) is 15.0. The molecular formula is C22H29IN4O5. The zero-order valence-corrected chi connectivity index (χ0v) is 20.4. The number of fused-ring (bicyclic) bond motifs is 1. The van der Waals surface area contributed by atoms with E-state index in [0.717, 1.165) is 42.0 Å². The lowest BCUT2D eigenvalue weighted by Gasteiger charge is -2.13. The van der Waals surface area contributed by atoms with Crippen molar-refractivity contribution in [1.82, 2.24) is 10.6 Å². The lowest BCUT2D eigenvalue weighted by Crippen LogP contribution is -2.39. The zero-order chi connectivity index (χ0) is 21.9. The van der Waals surface area contributed by atoms with E-state index in [1.54, 1.807) is 12.1 Å². The third-order valence-corrected chi connectivity index (χ3v) is 4.67. The van der Waals surface area contributed by atoms with Gasteiger partial charge in [0.1, 0.15) is 0 Å². The van der Waals surface area contributed by atoms with Gasteiger partial charge in [-0.1, -0.05) is 18.2 Å². The van der Waals surface area contributed by atoms with Crippen molar-refractivity contribution in [3.8, 4) is 11.5 Å². The maximum atomic E-state index is 10.8. The van der Waals surface area contributed by atoms with E-state index < -0.39 is 4.92 Å². The molecule has 0 unspecified atom stereocenters. The lowest BCUT2D eigenvalue weighted by molar-refractivity contribution is -0.384. The smallest absolute Gasteiger partial charge is 0.269 e. The highest BCUT2D eigenvalue weighted by molar-refractivity contribution is 14.0. The summed E-state index contributed by atoms with van der Waals surface area (Å²) in [6.45, 7) is 5.48. The van der Waals surface area contributed by atoms with E-state index >= 15 is 0 Å². The van der Waals surface area contributed by atoms with Crippen LogP contribution in [-0.4, -0.2) is 44.0 Å². The fourth-order valence-corrected chi connectivity index (χ4v) is 3.01. The number of non-ortho nitro benzene ring substituents is 1. The van der Waals surface area contributed by atoms with Crippen molar-refractivity contribution in [3.05, 3.63) is 63.7 Å². The summed E-state index contributed by atoms with van der Waals surface area (Å²) < 4.78 is 16.2. The Morgan fingerprint density at radius 1 is 1.09 bits per heavy atom. The highest BCUT2D eigenvalue weighted by Crippen LogP contribution is 2.32. The molecule has 2 N–H and O–H groups in total. The number of ether oxygens (including phenoxy) is 3. The van der Waals surface area contributed by atoms with Crippen molar-refractivity contribution < 1.29 is 19.1 Å². The average molecular weight is 556 g/mol. The minimum Gasteiger partial charge on any atom is -0.454 e. The van der Waals surface area contributed by atoms with Crippen LogP contribution >= 0.6 is 24.0 Å². The van der Waals surface area contributed by atoms with Gasteiger partial charge in [-0.15, -0.1) is 24.0 Å². The van der Waals surface area contributed by atoms with Gasteiger partial charge in [0.05, 0.1) is 11.5 Å². The van der Waals surface area contributed by atoms with Crippen LogP contribution in [0.3, 0.4) is 0 Å². The Morgan fingerprint density at radius 3 is 2.56 bits per heavy atom. The molecule has 0 aromatic heterocycles. The summed E-state index contributed by atoms with van der Waals surface area (Å²) in [5.74, 6) is 2.24. The number of halogens is 1. The van der Waals surface area contributed by atoms with Crippen molar-refractivity contribution in [1.29, 1.82) is 0 Å². The number of nitrogens with one attached hydrogen (secondary N) is 2. The molecule has 9 nitrogen and oxygen atoms in total. The number of rotatable bonds is 11. The number of nitro groups is 1. The van der Waals surface area contributed by atoms with Gasteiger partial charge in [0.15, 0.2) is 17.5 Å². The first-order chi connectivity index (χ1) is 15.2. The number of aliphatic imine (C=N–C) groups is 1. The minimum absolute atomic E-state index is 0. The van der Waals surface area contributed by atoms with Crippen LogP contribution < -0.4 is 20.1 Å². The first-order valence-electron chi connectivity index (χ1n) is 10.4. The number of guanidine groups is 1. The summed E-state index contributed by atoms with van der Waals surface area (Å²) in [6.07, 6.45) is 1.67. The molecule has 0 aliphatic carbocycles. The Hall–Kier alpha value is -2.60. The summed E-state index contributed by atoms with van der Waals surface area (Å²) in [7, 11) is 0. The molecule has 0 amide bonds. The Balaban J connectivity index is 0.00000363. The molecule has 0 fully saturated rings. The topological polar surface area (TPSA) is 107 Å². The van der Waals surface area contributed by atoms with Gasteiger partial charge in [0, 0.05) is 38.4 Å². The molecule has 3 rings (SSSR count). The summed E-state index contributed by atoms with van der Waals surface area (Å²) in [6, 6.07) is 12.4. The molecule has 0 radical (unpaired) electrons. The molecule has 1 aliphatic rings. The van der Waals surface area contributed by atoms with Crippen molar-refractivity contribution in [2.45, 2.75) is 26.3 Å². The molecular weight excluding hydrogens is 527 g/mol. The number of hydrogen-bond donors (Lipinski definition) is 2. The van der Waals surface area contributed by atoms with E-state index in [-0.39, 0.29) is 36.5 Å². The Bertz CT molecular complexity index is 892. The fourth-order valence-electron chi connectivity index (χ4n) is 3.01. The Labute approximate surface area is 204 Å². The third kappa shape index (κ3) is 8.15. The molecule has 0 saturated carbocycles. The van der Waals surface area contributed by atoms with Crippen molar-refractivity contribution in [2.24, 2.45) is 4.99 Å². The van der Waals surface area contributed by atoms with Crippen molar-refractivity contribution >= 4 is 35.6 Å². The molecule has 2 aromatic rings. The number of benzene rings is 2. The van der Waals surface area contributed by atoms with Crippen LogP contribution in [0.1, 0.15) is 24.5 Å². The number of nitro benzene ring substituents is 1. The van der Waals surface area contributed by atoms with Gasteiger partial charge in [-0.2, -0.15) is 0 Å². The van der Waals surface area contributed by atoms with Crippen molar-refractivity contribution in [3.63, 3.8) is 0 Å². The molecule has 0 saturated heterocycles. The van der Waals surface area contributed by atoms with Gasteiger partial charge in [0.2, 0.25) is 6.79 Å². The van der Waals surface area contributed by atoms with E-state index in [2.05, 4.69) is 15.6 Å². The SMILES string of the molecule is CCOCCCNC(=NCc1ccc([N+](=O)[O-])cc1)NCCc1ccc2c(c1)OCO2.I. The van der Waals surface area contributed by atoms with Gasteiger partial charge < -0.3 is 24.8 Å². The number of hydrogen-bond acceptors (Lipinski definition) is 6. The monoisotopic (exact) mass is 556 g/mol. The van der Waals surface area contributed by atoms with Gasteiger partial charge in [-0.05, 0) is 43.0 Å². The predicted octanol–water partition coefficient (Wildman–Crippen LogP) is 3.65. The van der Waals surface area contributed by atoms with Gasteiger partial charge >= 0.3 is 0 Å². The summed E-state index contributed by atoms with van der Waals surface area (Å²) in [5.41, 5.74) is 2.11. The van der Waals surface area contributed by atoms with E-state index in [1.165, 1.54) is 12.1 Å². The van der Waals surface area contributed by atoms with Crippen LogP contribution in [-0.2, 0) is 17.7 Å². The molecule has 0 atom stereocenters. The normalized spacial score (nSPS) is 12.2. The van der Waals surface area contributed by atoms with Gasteiger partial charge in [0.25, 0.3) is 5.69 Å². The molecule has 2 aromatic carbocycles. The van der Waals surface area contributed by atoms with E-state index in [9.17, 15) is 10.1 Å². The van der Waals surface area contributed by atoms with Crippen molar-refractivity contribution in [2.75, 3.05) is 33.1 Å². The van der Waals surface area contributed by atoms with E-state index in [4.69, 9.17) is 14.2 Å². The van der Waals surface area contributed by atoms with Gasteiger partial charge in [-0.25, -0.2) is 4.99 Å². The second-order valence-electron chi connectivity index (χ2n) is 6.93. The first kappa shape index (κ1) is 25.7. The maximum absolute atomic E-state index is 10.8.